The van der Waals surface area contributed by atoms with Crippen LogP contribution in [0.25, 0.3) is 0 Å². The highest BCUT2D eigenvalue weighted by atomic mass is 32.2. The Kier molecular flexibility index (Phi) is 5.53. The van der Waals surface area contributed by atoms with Crippen LogP contribution >= 0.6 is 11.8 Å². The average Bonchev–Trinajstić information content (AvgIpc) is 2.39. The van der Waals surface area contributed by atoms with Crippen molar-refractivity contribution in [2.75, 3.05) is 11.5 Å². The summed E-state index contributed by atoms with van der Waals surface area (Å²) in [5.41, 5.74) is -0.965. The van der Waals surface area contributed by atoms with E-state index in [1.165, 1.54) is 0 Å². The lowest BCUT2D eigenvalue weighted by atomic mass is 10.0. The van der Waals surface area contributed by atoms with Crippen LogP contribution in [0.4, 0.5) is 13.2 Å². The van der Waals surface area contributed by atoms with E-state index in [2.05, 4.69) is 4.98 Å². The molecular formula is C12H8F3N3OS. The Morgan fingerprint density at radius 3 is 2.55 bits per heavy atom. The number of carbonyl (C=O) groups excluding carboxylic acids is 1. The van der Waals surface area contributed by atoms with Gasteiger partial charge < -0.3 is 0 Å². The Hall–Kier alpha value is -2.06. The molecule has 1 heterocycles. The molecule has 104 valence electrons. The van der Waals surface area contributed by atoms with Crippen LogP contribution in [0.5, 0.6) is 0 Å². The van der Waals surface area contributed by atoms with Crippen LogP contribution in [0.1, 0.15) is 17.2 Å². The molecule has 0 aromatic carbocycles. The third-order valence-electron chi connectivity index (χ3n) is 2.27. The molecule has 20 heavy (non-hydrogen) atoms. The predicted octanol–water partition coefficient (Wildman–Crippen LogP) is 2.53. The molecular weight excluding hydrogens is 291 g/mol. The number of thioether (sulfide) groups is 1. The second kappa shape index (κ2) is 6.92. The van der Waals surface area contributed by atoms with Gasteiger partial charge in [-0.2, -0.15) is 23.7 Å². The van der Waals surface area contributed by atoms with Crippen molar-refractivity contribution in [2.24, 2.45) is 0 Å². The number of pyridine rings is 1. The summed E-state index contributed by atoms with van der Waals surface area (Å²) in [5.74, 6) is -1.66. The largest absolute Gasteiger partial charge is 0.417 e. The topological polar surface area (TPSA) is 77.5 Å². The molecule has 0 aliphatic carbocycles. The molecule has 0 aliphatic rings. The lowest BCUT2D eigenvalue weighted by Crippen LogP contribution is -2.15. The number of hydrogen-bond acceptors (Lipinski definition) is 5. The number of halogens is 3. The van der Waals surface area contributed by atoms with Crippen LogP contribution < -0.4 is 0 Å². The molecule has 0 N–H and O–H groups in total. The van der Waals surface area contributed by atoms with E-state index in [1.807, 2.05) is 6.07 Å². The Labute approximate surface area is 117 Å². The number of rotatable bonds is 5. The first kappa shape index (κ1) is 16.0. The molecule has 1 aromatic heterocycles. The quantitative estimate of drug-likeness (QED) is 0.781. The summed E-state index contributed by atoms with van der Waals surface area (Å²) in [6.45, 7) is 0. The molecule has 0 bridgehead atoms. The minimum Gasteiger partial charge on any atom is -0.297 e. The Morgan fingerprint density at radius 2 is 2.10 bits per heavy atom. The van der Waals surface area contributed by atoms with E-state index in [-0.39, 0.29) is 17.2 Å². The fourth-order valence-corrected chi connectivity index (χ4v) is 1.89. The number of nitriles is 2. The van der Waals surface area contributed by atoms with Crippen molar-refractivity contribution in [3.05, 3.63) is 29.6 Å². The number of carbonyl (C=O) groups is 1. The SMILES string of the molecule is N#CCSCC(=O)[C@H](C#N)c1ccc(C(F)(F)F)cn1. The summed E-state index contributed by atoms with van der Waals surface area (Å²) in [4.78, 5) is 15.2. The molecule has 0 spiro atoms. The number of Topliss-reactive ketones (excluding diaryl/α,β-unsaturated/α-hetero) is 1. The fourth-order valence-electron chi connectivity index (χ4n) is 1.33. The number of hydrogen-bond donors (Lipinski definition) is 0. The molecule has 0 aliphatic heterocycles. The summed E-state index contributed by atoms with van der Waals surface area (Å²) in [5, 5.41) is 17.3. The molecule has 4 nitrogen and oxygen atoms in total. The second-order valence-electron chi connectivity index (χ2n) is 3.65. The van der Waals surface area contributed by atoms with E-state index in [9.17, 15) is 18.0 Å². The second-order valence-corrected chi connectivity index (χ2v) is 4.63. The number of ketones is 1. The Balaban J connectivity index is 2.84. The predicted molar refractivity (Wildman–Crippen MR) is 65.5 cm³/mol. The monoisotopic (exact) mass is 299 g/mol. The van der Waals surface area contributed by atoms with Crippen molar-refractivity contribution in [1.29, 1.82) is 10.5 Å². The molecule has 0 saturated heterocycles. The normalized spacial score (nSPS) is 12.2. The van der Waals surface area contributed by atoms with Gasteiger partial charge in [0.25, 0.3) is 0 Å². The number of nitrogens with zero attached hydrogens (tertiary/aromatic N) is 3. The van der Waals surface area contributed by atoms with Crippen molar-refractivity contribution in [2.45, 2.75) is 12.1 Å². The van der Waals surface area contributed by atoms with Crippen molar-refractivity contribution < 1.29 is 18.0 Å². The molecule has 0 fully saturated rings. The molecule has 0 unspecified atom stereocenters. The number of aromatic nitrogens is 1. The first-order valence-electron chi connectivity index (χ1n) is 5.30. The van der Waals surface area contributed by atoms with Gasteiger partial charge in [0.15, 0.2) is 5.78 Å². The highest BCUT2D eigenvalue weighted by Crippen LogP contribution is 2.29. The zero-order chi connectivity index (χ0) is 15.2. The van der Waals surface area contributed by atoms with Crippen LogP contribution in [0.3, 0.4) is 0 Å². The maximum absolute atomic E-state index is 12.4. The molecule has 0 saturated carbocycles. The van der Waals surface area contributed by atoms with Crippen LogP contribution in [0.2, 0.25) is 0 Å². The maximum Gasteiger partial charge on any atom is 0.417 e. The zero-order valence-electron chi connectivity index (χ0n) is 10.0. The van der Waals surface area contributed by atoms with Gasteiger partial charge in [-0.3, -0.25) is 9.78 Å². The van der Waals surface area contributed by atoms with E-state index in [0.717, 1.165) is 23.9 Å². The lowest BCUT2D eigenvalue weighted by molar-refractivity contribution is -0.137. The molecule has 8 heteroatoms. The van der Waals surface area contributed by atoms with Gasteiger partial charge in [0, 0.05) is 6.20 Å². The van der Waals surface area contributed by atoms with Gasteiger partial charge in [-0.25, -0.2) is 0 Å². The average molecular weight is 299 g/mol. The zero-order valence-corrected chi connectivity index (χ0v) is 10.8. The molecule has 0 radical (unpaired) electrons. The van der Waals surface area contributed by atoms with Crippen molar-refractivity contribution in [3.8, 4) is 12.1 Å². The Morgan fingerprint density at radius 1 is 1.40 bits per heavy atom. The highest BCUT2D eigenvalue weighted by molar-refractivity contribution is 8.00. The van der Waals surface area contributed by atoms with Crippen molar-refractivity contribution >= 4 is 17.5 Å². The Bertz CT molecular complexity index is 557. The fraction of sp³-hybridized carbons (Fsp3) is 0.333. The van der Waals surface area contributed by atoms with Gasteiger partial charge in [-0.05, 0) is 12.1 Å². The van der Waals surface area contributed by atoms with Gasteiger partial charge in [-0.15, -0.1) is 11.8 Å². The lowest BCUT2D eigenvalue weighted by Gasteiger charge is -2.09. The van der Waals surface area contributed by atoms with Gasteiger partial charge >= 0.3 is 6.18 Å². The highest BCUT2D eigenvalue weighted by Gasteiger charge is 2.31. The maximum atomic E-state index is 12.4. The minimum atomic E-state index is -4.51. The van der Waals surface area contributed by atoms with E-state index in [4.69, 9.17) is 10.5 Å². The smallest absolute Gasteiger partial charge is 0.297 e. The van der Waals surface area contributed by atoms with E-state index < -0.39 is 23.4 Å². The van der Waals surface area contributed by atoms with E-state index in [0.29, 0.717) is 6.20 Å². The van der Waals surface area contributed by atoms with Crippen LogP contribution in [-0.2, 0) is 11.0 Å². The minimum absolute atomic E-state index is 0.0249. The molecule has 0 amide bonds. The summed E-state index contributed by atoms with van der Waals surface area (Å²) in [7, 11) is 0. The molecule has 1 atom stereocenters. The van der Waals surface area contributed by atoms with Gasteiger partial charge in [0.05, 0.1) is 34.9 Å². The third-order valence-corrected chi connectivity index (χ3v) is 3.09. The van der Waals surface area contributed by atoms with Gasteiger partial charge in [0.1, 0.15) is 5.92 Å². The van der Waals surface area contributed by atoms with E-state index in [1.54, 1.807) is 6.07 Å². The molecule has 1 rings (SSSR count). The van der Waals surface area contributed by atoms with Crippen LogP contribution in [-0.4, -0.2) is 22.3 Å². The van der Waals surface area contributed by atoms with Crippen molar-refractivity contribution in [3.63, 3.8) is 0 Å². The van der Waals surface area contributed by atoms with Crippen LogP contribution in [0, 0.1) is 22.7 Å². The third kappa shape index (κ3) is 4.25. The van der Waals surface area contributed by atoms with Crippen molar-refractivity contribution in [1.82, 2.24) is 4.98 Å². The van der Waals surface area contributed by atoms with Gasteiger partial charge in [-0.1, -0.05) is 0 Å². The van der Waals surface area contributed by atoms with Crippen LogP contribution in [0.15, 0.2) is 18.3 Å². The first-order valence-corrected chi connectivity index (χ1v) is 6.45. The summed E-state index contributed by atoms with van der Waals surface area (Å²) in [6.07, 6.45) is -3.92. The summed E-state index contributed by atoms with van der Waals surface area (Å²) in [6, 6.07) is 5.34. The molecule has 1 aromatic rings. The first-order chi connectivity index (χ1) is 9.40. The van der Waals surface area contributed by atoms with E-state index >= 15 is 0 Å². The summed E-state index contributed by atoms with van der Waals surface area (Å²) < 4.78 is 37.1. The van der Waals surface area contributed by atoms with Gasteiger partial charge in [0.2, 0.25) is 0 Å². The number of alkyl halides is 3. The standard InChI is InChI=1S/C12H8F3N3OS/c13-12(14,15)8-1-2-10(18-6-8)9(5-17)11(19)7-20-4-3-16/h1-2,6,9H,4,7H2/t9-/m1/s1. The summed E-state index contributed by atoms with van der Waals surface area (Å²) >= 11 is 1.04.